The second-order valence-electron chi connectivity index (χ2n) is 7.23. The Labute approximate surface area is 173 Å². The lowest BCUT2D eigenvalue weighted by Gasteiger charge is -2.52. The molecule has 0 radical (unpaired) electrons. The molecule has 144 valence electrons. The van der Waals surface area contributed by atoms with Crippen LogP contribution in [-0.4, -0.2) is 46.4 Å². The Kier molecular flexibility index (Phi) is 5.54. The molecule has 2 aliphatic heterocycles. The number of piperidine rings is 1. The van der Waals surface area contributed by atoms with Crippen LogP contribution in [0, 0.1) is 6.92 Å². The Morgan fingerprint density at radius 1 is 1.30 bits per heavy atom. The molecule has 2 fully saturated rings. The number of hydrogen-bond acceptors (Lipinski definition) is 6. The molecule has 0 saturated carbocycles. The number of benzene rings is 1. The molecule has 0 bridgehead atoms. The van der Waals surface area contributed by atoms with E-state index in [-0.39, 0.29) is 6.04 Å². The van der Waals surface area contributed by atoms with Gasteiger partial charge in [-0.3, -0.25) is 0 Å². The highest BCUT2D eigenvalue weighted by atomic mass is 35.5. The van der Waals surface area contributed by atoms with Crippen molar-refractivity contribution in [1.29, 1.82) is 0 Å². The van der Waals surface area contributed by atoms with Gasteiger partial charge in [0.2, 0.25) is 0 Å². The SMILES string of the molecule is Cc1nc(N2CC(O)(C3CCCCN3)C2)cnc1Sc1cccc(Cl)c1Cl. The van der Waals surface area contributed by atoms with E-state index >= 15 is 0 Å². The van der Waals surface area contributed by atoms with Crippen LogP contribution in [0.1, 0.15) is 25.0 Å². The quantitative estimate of drug-likeness (QED) is 0.774. The summed E-state index contributed by atoms with van der Waals surface area (Å²) >= 11 is 13.8. The molecule has 27 heavy (non-hydrogen) atoms. The van der Waals surface area contributed by atoms with Gasteiger partial charge in [0.1, 0.15) is 16.4 Å². The van der Waals surface area contributed by atoms with E-state index in [9.17, 15) is 5.11 Å². The molecule has 8 heteroatoms. The van der Waals surface area contributed by atoms with Gasteiger partial charge in [-0.25, -0.2) is 9.97 Å². The van der Waals surface area contributed by atoms with Crippen molar-refractivity contribution in [2.45, 2.75) is 47.8 Å². The zero-order chi connectivity index (χ0) is 19.0. The van der Waals surface area contributed by atoms with E-state index in [4.69, 9.17) is 23.2 Å². The number of anilines is 1. The molecule has 2 saturated heterocycles. The molecule has 1 unspecified atom stereocenters. The summed E-state index contributed by atoms with van der Waals surface area (Å²) in [5, 5.41) is 16.2. The summed E-state index contributed by atoms with van der Waals surface area (Å²) in [5.74, 6) is 0.800. The van der Waals surface area contributed by atoms with Crippen LogP contribution in [0.2, 0.25) is 10.0 Å². The maximum atomic E-state index is 10.9. The predicted molar refractivity (Wildman–Crippen MR) is 110 cm³/mol. The van der Waals surface area contributed by atoms with E-state index in [2.05, 4.69) is 20.2 Å². The number of aromatic nitrogens is 2. The molecule has 0 amide bonds. The first-order valence-corrected chi connectivity index (χ1v) is 10.7. The van der Waals surface area contributed by atoms with Gasteiger partial charge in [-0.15, -0.1) is 0 Å². The summed E-state index contributed by atoms with van der Waals surface area (Å²) in [4.78, 5) is 12.2. The van der Waals surface area contributed by atoms with Gasteiger partial charge >= 0.3 is 0 Å². The van der Waals surface area contributed by atoms with E-state index in [1.54, 1.807) is 12.3 Å². The van der Waals surface area contributed by atoms with E-state index in [1.807, 2.05) is 19.1 Å². The number of β-amino-alcohol motifs (C(OH)–C–C–N with tert-alkyl or cyclic N) is 1. The van der Waals surface area contributed by atoms with Crippen LogP contribution < -0.4 is 10.2 Å². The Hall–Kier alpha value is -1.05. The summed E-state index contributed by atoms with van der Waals surface area (Å²) in [6, 6.07) is 5.73. The monoisotopic (exact) mass is 424 g/mol. The molecule has 0 spiro atoms. The highest BCUT2D eigenvalue weighted by Gasteiger charge is 2.48. The lowest BCUT2D eigenvalue weighted by atomic mass is 9.82. The maximum absolute atomic E-state index is 10.9. The van der Waals surface area contributed by atoms with Crippen LogP contribution >= 0.6 is 35.0 Å². The molecule has 1 aromatic carbocycles. The first kappa shape index (κ1) is 19.3. The van der Waals surface area contributed by atoms with Gasteiger partial charge in [-0.2, -0.15) is 0 Å². The summed E-state index contributed by atoms with van der Waals surface area (Å²) in [7, 11) is 0. The number of nitrogens with zero attached hydrogens (tertiary/aromatic N) is 3. The number of hydrogen-bond donors (Lipinski definition) is 2. The van der Waals surface area contributed by atoms with Crippen LogP contribution in [0.3, 0.4) is 0 Å². The molecular weight excluding hydrogens is 403 g/mol. The first-order valence-electron chi connectivity index (χ1n) is 9.12. The van der Waals surface area contributed by atoms with Crippen molar-refractivity contribution in [3.05, 3.63) is 40.1 Å². The smallest absolute Gasteiger partial charge is 0.147 e. The highest BCUT2D eigenvalue weighted by Crippen LogP contribution is 2.38. The molecule has 0 aliphatic carbocycles. The van der Waals surface area contributed by atoms with E-state index in [0.29, 0.717) is 23.1 Å². The van der Waals surface area contributed by atoms with Crippen LogP contribution in [0.5, 0.6) is 0 Å². The summed E-state index contributed by atoms with van der Waals surface area (Å²) in [5.41, 5.74) is 0.164. The van der Waals surface area contributed by atoms with Crippen LogP contribution in [0.15, 0.2) is 34.3 Å². The normalized spacial score (nSPS) is 21.8. The largest absolute Gasteiger partial charge is 0.385 e. The summed E-state index contributed by atoms with van der Waals surface area (Å²) in [6.45, 7) is 4.10. The van der Waals surface area contributed by atoms with Crippen molar-refractivity contribution in [2.75, 3.05) is 24.5 Å². The maximum Gasteiger partial charge on any atom is 0.147 e. The highest BCUT2D eigenvalue weighted by molar-refractivity contribution is 7.99. The summed E-state index contributed by atoms with van der Waals surface area (Å²) < 4.78 is 0. The fraction of sp³-hybridized carbons (Fsp3) is 0.474. The van der Waals surface area contributed by atoms with Crippen LogP contribution in [-0.2, 0) is 0 Å². The molecule has 2 aliphatic rings. The number of halogens is 2. The van der Waals surface area contributed by atoms with Gasteiger partial charge in [0, 0.05) is 10.9 Å². The van der Waals surface area contributed by atoms with Crippen molar-refractivity contribution in [3.63, 3.8) is 0 Å². The molecular formula is C19H22Cl2N4OS. The minimum absolute atomic E-state index is 0.177. The van der Waals surface area contributed by atoms with Crippen LogP contribution in [0.4, 0.5) is 5.82 Å². The average molecular weight is 425 g/mol. The average Bonchev–Trinajstić information content (AvgIpc) is 2.65. The van der Waals surface area contributed by atoms with Gasteiger partial charge < -0.3 is 15.3 Å². The minimum atomic E-state index is -0.669. The van der Waals surface area contributed by atoms with E-state index in [1.165, 1.54) is 24.6 Å². The van der Waals surface area contributed by atoms with Gasteiger partial charge in [0.05, 0.1) is 35.0 Å². The van der Waals surface area contributed by atoms with Crippen molar-refractivity contribution >= 4 is 40.8 Å². The minimum Gasteiger partial charge on any atom is -0.385 e. The van der Waals surface area contributed by atoms with Crippen molar-refractivity contribution in [3.8, 4) is 0 Å². The third kappa shape index (κ3) is 3.91. The molecule has 1 aromatic heterocycles. The number of aryl methyl sites for hydroxylation is 1. The predicted octanol–water partition coefficient (Wildman–Crippen LogP) is 3.94. The molecule has 5 nitrogen and oxygen atoms in total. The lowest BCUT2D eigenvalue weighted by Crippen LogP contribution is -2.71. The molecule has 4 rings (SSSR count). The van der Waals surface area contributed by atoms with E-state index < -0.39 is 5.60 Å². The van der Waals surface area contributed by atoms with Gasteiger partial charge in [0.25, 0.3) is 0 Å². The lowest BCUT2D eigenvalue weighted by molar-refractivity contribution is -0.0313. The van der Waals surface area contributed by atoms with Crippen molar-refractivity contribution < 1.29 is 5.11 Å². The fourth-order valence-electron chi connectivity index (χ4n) is 3.69. The second-order valence-corrected chi connectivity index (χ2v) is 9.05. The molecule has 1 atom stereocenters. The Bertz CT molecular complexity index is 838. The summed E-state index contributed by atoms with van der Waals surface area (Å²) in [6.07, 6.45) is 5.17. The second kappa shape index (κ2) is 7.76. The third-order valence-corrected chi connectivity index (χ3v) is 7.31. The molecule has 3 heterocycles. The zero-order valence-electron chi connectivity index (χ0n) is 15.1. The van der Waals surface area contributed by atoms with Gasteiger partial charge in [0.15, 0.2) is 0 Å². The Morgan fingerprint density at radius 2 is 2.11 bits per heavy atom. The van der Waals surface area contributed by atoms with E-state index in [0.717, 1.165) is 34.4 Å². The van der Waals surface area contributed by atoms with Crippen molar-refractivity contribution in [2.24, 2.45) is 0 Å². The number of nitrogens with one attached hydrogen (secondary N) is 1. The Balaban J connectivity index is 1.44. The third-order valence-electron chi connectivity index (χ3n) is 5.22. The first-order chi connectivity index (χ1) is 13.0. The van der Waals surface area contributed by atoms with Crippen molar-refractivity contribution in [1.82, 2.24) is 15.3 Å². The molecule has 2 N–H and O–H groups in total. The topological polar surface area (TPSA) is 61.3 Å². The Morgan fingerprint density at radius 3 is 2.81 bits per heavy atom. The fourth-order valence-corrected chi connectivity index (χ4v) is 5.01. The molecule has 2 aromatic rings. The number of rotatable bonds is 4. The standard InChI is InChI=1S/C19H22Cl2N4OS/c1-12-18(27-14-6-4-5-13(20)17(14)21)23-9-16(24-12)25-10-19(26,11-25)15-7-2-3-8-22-15/h4-6,9,15,22,26H,2-3,7-8,10-11H2,1H3. The number of aliphatic hydroxyl groups is 1. The van der Waals surface area contributed by atoms with Gasteiger partial charge in [-0.05, 0) is 38.4 Å². The van der Waals surface area contributed by atoms with Gasteiger partial charge in [-0.1, -0.05) is 47.5 Å². The zero-order valence-corrected chi connectivity index (χ0v) is 17.4. The van der Waals surface area contributed by atoms with Crippen LogP contribution in [0.25, 0.3) is 0 Å².